The van der Waals surface area contributed by atoms with Crippen LogP contribution in [0.1, 0.15) is 24.8 Å². The van der Waals surface area contributed by atoms with E-state index in [1.807, 2.05) is 4.90 Å². The first-order valence-electron chi connectivity index (χ1n) is 6.43. The van der Waals surface area contributed by atoms with Gasteiger partial charge in [-0.15, -0.1) is 0 Å². The maximum Gasteiger partial charge on any atom is 0.265 e. The van der Waals surface area contributed by atoms with Crippen LogP contribution in [-0.2, 0) is 11.3 Å². The summed E-state index contributed by atoms with van der Waals surface area (Å²) in [6, 6.07) is 0. The molecule has 0 spiro atoms. The summed E-state index contributed by atoms with van der Waals surface area (Å²) in [5.41, 5.74) is 6.85. The molecule has 1 saturated heterocycles. The normalized spacial score (nSPS) is 15.6. The van der Waals surface area contributed by atoms with Crippen molar-refractivity contribution in [2.75, 3.05) is 18.8 Å². The number of pyridine rings is 1. The van der Waals surface area contributed by atoms with Gasteiger partial charge in [0.15, 0.2) is 0 Å². The van der Waals surface area contributed by atoms with Crippen LogP contribution in [0.15, 0.2) is 15.5 Å². The van der Waals surface area contributed by atoms with Crippen LogP contribution in [-0.4, -0.2) is 28.5 Å². The predicted molar refractivity (Wildman–Crippen MR) is 78.0 cm³/mol. The third-order valence-corrected chi connectivity index (χ3v) is 4.45. The lowest BCUT2D eigenvalue weighted by Gasteiger charge is -2.27. The molecule has 1 aliphatic heterocycles. The number of halogens is 1. The zero-order valence-corrected chi connectivity index (χ0v) is 12.6. The lowest BCUT2D eigenvalue weighted by atomic mass is 10.1. The average Bonchev–Trinajstić information content (AvgIpc) is 2.43. The summed E-state index contributed by atoms with van der Waals surface area (Å²) in [5.74, 6) is -0.0167. The van der Waals surface area contributed by atoms with Gasteiger partial charge in [-0.1, -0.05) is 0 Å². The van der Waals surface area contributed by atoms with Gasteiger partial charge in [0.2, 0.25) is 5.91 Å². The molecule has 0 atom stereocenters. The topological polar surface area (TPSA) is 68.3 Å². The predicted octanol–water partition coefficient (Wildman–Crippen LogP) is 1.51. The van der Waals surface area contributed by atoms with Crippen molar-refractivity contribution in [2.24, 2.45) is 0 Å². The first kappa shape index (κ1) is 14.1. The highest BCUT2D eigenvalue weighted by Crippen LogP contribution is 2.17. The molecule has 0 bridgehead atoms. The number of nitrogens with two attached hydrogens (primary N) is 1. The molecule has 19 heavy (non-hydrogen) atoms. The summed E-state index contributed by atoms with van der Waals surface area (Å²) >= 11 is 3.23. The van der Waals surface area contributed by atoms with Crippen LogP contribution < -0.4 is 11.3 Å². The first-order chi connectivity index (χ1) is 9.00. The molecule has 104 valence electrons. The average molecular weight is 328 g/mol. The van der Waals surface area contributed by atoms with Crippen molar-refractivity contribution in [1.29, 1.82) is 0 Å². The highest BCUT2D eigenvalue weighted by molar-refractivity contribution is 9.10. The first-order valence-corrected chi connectivity index (χ1v) is 7.23. The zero-order valence-electron chi connectivity index (χ0n) is 11.0. The van der Waals surface area contributed by atoms with Crippen LogP contribution in [0.2, 0.25) is 0 Å². The molecule has 0 aliphatic carbocycles. The van der Waals surface area contributed by atoms with E-state index in [9.17, 15) is 9.59 Å². The fourth-order valence-corrected chi connectivity index (χ4v) is 2.70. The summed E-state index contributed by atoms with van der Waals surface area (Å²) in [5, 5.41) is 0. The van der Waals surface area contributed by atoms with E-state index in [0.29, 0.717) is 15.7 Å². The summed E-state index contributed by atoms with van der Waals surface area (Å²) < 4.78 is 1.81. The van der Waals surface area contributed by atoms with Gasteiger partial charge in [-0.25, -0.2) is 0 Å². The van der Waals surface area contributed by atoms with Gasteiger partial charge in [0.1, 0.15) is 6.54 Å². The van der Waals surface area contributed by atoms with E-state index in [-0.39, 0.29) is 18.0 Å². The Kier molecular flexibility index (Phi) is 4.29. The third-order valence-electron chi connectivity index (χ3n) is 3.52. The zero-order chi connectivity index (χ0) is 14.0. The molecule has 2 N–H and O–H groups in total. The number of hydrogen-bond donors (Lipinski definition) is 1. The number of aromatic nitrogens is 1. The largest absolute Gasteiger partial charge is 0.397 e. The second kappa shape index (κ2) is 5.77. The molecule has 1 fully saturated rings. The maximum atomic E-state index is 12.1. The minimum atomic E-state index is -0.211. The van der Waals surface area contributed by atoms with Gasteiger partial charge in [0.05, 0.1) is 10.2 Å². The number of rotatable bonds is 2. The fourth-order valence-electron chi connectivity index (χ4n) is 2.24. The van der Waals surface area contributed by atoms with Crippen molar-refractivity contribution in [3.05, 3.63) is 26.6 Å². The Morgan fingerprint density at radius 1 is 1.37 bits per heavy atom. The number of nitrogens with zero attached hydrogens (tertiary/aromatic N) is 2. The van der Waals surface area contributed by atoms with Crippen LogP contribution in [0.25, 0.3) is 0 Å². The highest BCUT2D eigenvalue weighted by atomic mass is 79.9. The van der Waals surface area contributed by atoms with Gasteiger partial charge in [0, 0.05) is 19.3 Å². The Balaban J connectivity index is 2.19. The van der Waals surface area contributed by atoms with Crippen molar-refractivity contribution in [3.63, 3.8) is 0 Å². The van der Waals surface area contributed by atoms with Crippen molar-refractivity contribution in [3.8, 4) is 0 Å². The van der Waals surface area contributed by atoms with Crippen LogP contribution >= 0.6 is 15.9 Å². The molecule has 1 amide bonds. The number of amides is 1. The molecular formula is C13H18BrN3O2. The van der Waals surface area contributed by atoms with Crippen molar-refractivity contribution >= 4 is 27.5 Å². The van der Waals surface area contributed by atoms with Gasteiger partial charge in [-0.05, 0) is 47.7 Å². The molecule has 0 radical (unpaired) electrons. The third kappa shape index (κ3) is 3.00. The van der Waals surface area contributed by atoms with Crippen LogP contribution in [0, 0.1) is 6.92 Å². The molecule has 5 nitrogen and oxygen atoms in total. The van der Waals surface area contributed by atoms with Crippen LogP contribution in [0.4, 0.5) is 5.69 Å². The molecule has 2 heterocycles. The quantitative estimate of drug-likeness (QED) is 0.895. The Labute approximate surface area is 120 Å². The van der Waals surface area contributed by atoms with Crippen LogP contribution in [0.5, 0.6) is 0 Å². The van der Waals surface area contributed by atoms with Crippen molar-refractivity contribution in [1.82, 2.24) is 9.47 Å². The molecule has 0 saturated carbocycles. The molecule has 0 aromatic carbocycles. The molecule has 6 heteroatoms. The number of carbonyl (C=O) groups is 1. The lowest BCUT2D eigenvalue weighted by Crippen LogP contribution is -2.39. The molecule has 1 aromatic rings. The minimum absolute atomic E-state index is 0.0167. The number of anilines is 1. The van der Waals surface area contributed by atoms with E-state index in [2.05, 4.69) is 15.9 Å². The van der Waals surface area contributed by atoms with Crippen molar-refractivity contribution < 1.29 is 4.79 Å². The van der Waals surface area contributed by atoms with Gasteiger partial charge in [0.25, 0.3) is 5.56 Å². The summed E-state index contributed by atoms with van der Waals surface area (Å²) in [4.78, 5) is 26.0. The van der Waals surface area contributed by atoms with Gasteiger partial charge in [-0.2, -0.15) is 0 Å². The number of piperidine rings is 1. The maximum absolute atomic E-state index is 12.1. The second-order valence-electron chi connectivity index (χ2n) is 4.90. The van der Waals surface area contributed by atoms with E-state index >= 15 is 0 Å². The molecule has 0 unspecified atom stereocenters. The standard InChI is InChI=1S/C13H18BrN3O2/c1-9-10(15)7-17(13(19)12(9)14)8-11(18)16-5-3-2-4-6-16/h7H,2-6,8,15H2,1H3. The number of hydrogen-bond acceptors (Lipinski definition) is 3. The van der Waals surface area contributed by atoms with Crippen LogP contribution in [0.3, 0.4) is 0 Å². The molecule has 1 aliphatic rings. The fraction of sp³-hybridized carbons (Fsp3) is 0.538. The van der Waals surface area contributed by atoms with Gasteiger partial charge in [-0.3, -0.25) is 9.59 Å². The van der Waals surface area contributed by atoms with E-state index in [0.717, 1.165) is 25.9 Å². The van der Waals surface area contributed by atoms with E-state index in [1.165, 1.54) is 11.0 Å². The second-order valence-corrected chi connectivity index (χ2v) is 5.69. The van der Waals surface area contributed by atoms with Crippen molar-refractivity contribution in [2.45, 2.75) is 32.7 Å². The Bertz CT molecular complexity index is 548. The number of nitrogen functional groups attached to an aromatic ring is 1. The summed E-state index contributed by atoms with van der Waals surface area (Å²) in [7, 11) is 0. The Morgan fingerprint density at radius 3 is 2.63 bits per heavy atom. The molecule has 2 rings (SSSR count). The van der Waals surface area contributed by atoms with Gasteiger partial charge >= 0.3 is 0 Å². The highest BCUT2D eigenvalue weighted by Gasteiger charge is 2.18. The Morgan fingerprint density at radius 2 is 2.00 bits per heavy atom. The molecule has 1 aromatic heterocycles. The van der Waals surface area contributed by atoms with E-state index < -0.39 is 0 Å². The summed E-state index contributed by atoms with van der Waals surface area (Å²) in [6.45, 7) is 3.41. The van der Waals surface area contributed by atoms with Gasteiger partial charge < -0.3 is 15.2 Å². The monoisotopic (exact) mass is 327 g/mol. The lowest BCUT2D eigenvalue weighted by molar-refractivity contribution is -0.132. The summed E-state index contributed by atoms with van der Waals surface area (Å²) in [6.07, 6.45) is 4.80. The number of carbonyl (C=O) groups excluding carboxylic acids is 1. The molecular weight excluding hydrogens is 310 g/mol. The SMILES string of the molecule is Cc1c(N)cn(CC(=O)N2CCCCC2)c(=O)c1Br. The van der Waals surface area contributed by atoms with E-state index in [1.54, 1.807) is 13.1 Å². The van der Waals surface area contributed by atoms with E-state index in [4.69, 9.17) is 5.73 Å². The smallest absolute Gasteiger partial charge is 0.265 e. The minimum Gasteiger partial charge on any atom is -0.397 e. The number of likely N-dealkylation sites (tertiary alicyclic amines) is 1. The Hall–Kier alpha value is -1.30.